The minimum Gasteiger partial charge on any atom is -0.344 e. The summed E-state index contributed by atoms with van der Waals surface area (Å²) >= 11 is 0. The van der Waals surface area contributed by atoms with Gasteiger partial charge < -0.3 is 15.1 Å². The molecule has 5 nitrogen and oxygen atoms in total. The molecule has 1 unspecified atom stereocenters. The summed E-state index contributed by atoms with van der Waals surface area (Å²) in [5.74, 6) is 2.60. The van der Waals surface area contributed by atoms with E-state index in [0.717, 1.165) is 62.9 Å². The molecule has 4 aliphatic carbocycles. The molecule has 0 aromatic heterocycles. The van der Waals surface area contributed by atoms with E-state index in [9.17, 15) is 9.59 Å². The van der Waals surface area contributed by atoms with Gasteiger partial charge in [-0.15, -0.1) is 0 Å². The Balaban J connectivity index is 1.40. The third-order valence-electron chi connectivity index (χ3n) is 8.86. The Hall–Kier alpha value is -1.10. The van der Waals surface area contributed by atoms with Crippen molar-refractivity contribution in [1.29, 1.82) is 0 Å². The largest absolute Gasteiger partial charge is 0.344 e. The molecule has 5 aliphatic rings. The van der Waals surface area contributed by atoms with Crippen LogP contribution in [0.25, 0.3) is 0 Å². The first-order chi connectivity index (χ1) is 14.2. The van der Waals surface area contributed by atoms with Crippen molar-refractivity contribution in [3.63, 3.8) is 0 Å². The molecule has 5 heteroatoms. The number of hydrogen-bond acceptors (Lipinski definition) is 3. The second-order valence-electron chi connectivity index (χ2n) is 11.7. The van der Waals surface area contributed by atoms with Gasteiger partial charge in [0.05, 0.1) is 0 Å². The van der Waals surface area contributed by atoms with Crippen LogP contribution < -0.4 is 5.32 Å². The lowest BCUT2D eigenvalue weighted by atomic mass is 9.49. The first-order valence-corrected chi connectivity index (χ1v) is 12.5. The third kappa shape index (κ3) is 4.16. The van der Waals surface area contributed by atoms with Gasteiger partial charge in [0.2, 0.25) is 11.8 Å². The monoisotopic (exact) mass is 417 g/mol. The number of piperidine rings is 1. The summed E-state index contributed by atoms with van der Waals surface area (Å²) in [6, 6.07) is 0.443. The predicted octanol–water partition coefficient (Wildman–Crippen LogP) is 3.67. The van der Waals surface area contributed by atoms with Gasteiger partial charge in [-0.2, -0.15) is 0 Å². The molecule has 1 heterocycles. The van der Waals surface area contributed by atoms with E-state index in [-0.39, 0.29) is 29.2 Å². The van der Waals surface area contributed by atoms with Crippen molar-refractivity contribution in [3.05, 3.63) is 0 Å². The van der Waals surface area contributed by atoms with Crippen LogP contribution in [0.3, 0.4) is 0 Å². The molecule has 4 bridgehead atoms. The van der Waals surface area contributed by atoms with Crippen LogP contribution in [0.2, 0.25) is 0 Å². The molecule has 4 saturated carbocycles. The SMILES string of the molecule is CC(C)C(NC(=O)C12CC3CC(CC(C3)C1)C2)C(=O)N(C)C1CCN(C(C)C)CC1. The van der Waals surface area contributed by atoms with Crippen LogP contribution in [0.15, 0.2) is 0 Å². The Kier molecular flexibility index (Phi) is 6.22. The van der Waals surface area contributed by atoms with Gasteiger partial charge in [0.25, 0.3) is 0 Å². The van der Waals surface area contributed by atoms with Crippen LogP contribution in [0.1, 0.15) is 79.1 Å². The van der Waals surface area contributed by atoms with E-state index in [2.05, 4.69) is 37.9 Å². The number of nitrogens with zero attached hydrogens (tertiary/aromatic N) is 2. The number of likely N-dealkylation sites (N-methyl/N-ethyl adjacent to an activating group) is 1. The summed E-state index contributed by atoms with van der Waals surface area (Å²) in [5.41, 5.74) is -0.191. The maximum Gasteiger partial charge on any atom is 0.245 e. The van der Waals surface area contributed by atoms with Crippen LogP contribution in [0.5, 0.6) is 0 Å². The summed E-state index contributed by atoms with van der Waals surface area (Å²) in [6.07, 6.45) is 9.18. The lowest BCUT2D eigenvalue weighted by molar-refractivity contribution is -0.151. The Morgan fingerprint density at radius 3 is 1.87 bits per heavy atom. The average Bonchev–Trinajstić information content (AvgIpc) is 2.69. The number of rotatable bonds is 6. The van der Waals surface area contributed by atoms with E-state index in [1.165, 1.54) is 19.3 Å². The van der Waals surface area contributed by atoms with Gasteiger partial charge in [-0.1, -0.05) is 13.8 Å². The van der Waals surface area contributed by atoms with Crippen LogP contribution >= 0.6 is 0 Å². The Bertz CT molecular complexity index is 615. The normalized spacial score (nSPS) is 35.1. The highest BCUT2D eigenvalue weighted by Crippen LogP contribution is 2.60. The van der Waals surface area contributed by atoms with Gasteiger partial charge >= 0.3 is 0 Å². The molecule has 5 rings (SSSR count). The van der Waals surface area contributed by atoms with Crippen LogP contribution in [0.4, 0.5) is 0 Å². The molecule has 1 N–H and O–H groups in total. The fourth-order valence-electron chi connectivity index (χ4n) is 7.39. The lowest BCUT2D eigenvalue weighted by Gasteiger charge is -2.56. The van der Waals surface area contributed by atoms with Crippen molar-refractivity contribution >= 4 is 11.8 Å². The summed E-state index contributed by atoms with van der Waals surface area (Å²) in [5, 5.41) is 3.28. The van der Waals surface area contributed by atoms with Crippen LogP contribution in [-0.2, 0) is 9.59 Å². The van der Waals surface area contributed by atoms with Crippen molar-refractivity contribution in [2.75, 3.05) is 20.1 Å². The highest BCUT2D eigenvalue weighted by atomic mass is 16.2. The molecule has 0 aromatic carbocycles. The minimum absolute atomic E-state index is 0.103. The van der Waals surface area contributed by atoms with E-state index in [4.69, 9.17) is 0 Å². The summed E-state index contributed by atoms with van der Waals surface area (Å²) in [6.45, 7) is 10.7. The number of nitrogens with one attached hydrogen (secondary N) is 1. The highest BCUT2D eigenvalue weighted by Gasteiger charge is 2.55. The molecule has 1 saturated heterocycles. The van der Waals surface area contributed by atoms with Crippen LogP contribution in [0, 0.1) is 29.1 Å². The van der Waals surface area contributed by atoms with Crippen molar-refractivity contribution in [2.45, 2.75) is 97.2 Å². The second-order valence-corrected chi connectivity index (χ2v) is 11.7. The zero-order chi connectivity index (χ0) is 21.6. The van der Waals surface area contributed by atoms with Crippen LogP contribution in [-0.4, -0.2) is 59.9 Å². The second kappa shape index (κ2) is 8.44. The van der Waals surface area contributed by atoms with Crippen molar-refractivity contribution in [3.8, 4) is 0 Å². The zero-order valence-corrected chi connectivity index (χ0v) is 19.8. The first-order valence-electron chi connectivity index (χ1n) is 12.5. The fraction of sp³-hybridized carbons (Fsp3) is 0.920. The van der Waals surface area contributed by atoms with E-state index < -0.39 is 6.04 Å². The molecule has 0 spiro atoms. The number of likely N-dealkylation sites (tertiary alicyclic amines) is 1. The Morgan fingerprint density at radius 2 is 1.43 bits per heavy atom. The van der Waals surface area contributed by atoms with Gasteiger partial charge in [0.15, 0.2) is 0 Å². The van der Waals surface area contributed by atoms with Crippen molar-refractivity contribution in [1.82, 2.24) is 15.1 Å². The fourth-order valence-corrected chi connectivity index (χ4v) is 7.39. The molecule has 30 heavy (non-hydrogen) atoms. The smallest absolute Gasteiger partial charge is 0.245 e. The van der Waals surface area contributed by atoms with E-state index >= 15 is 0 Å². The maximum absolute atomic E-state index is 13.5. The number of amides is 2. The minimum atomic E-state index is -0.404. The van der Waals surface area contributed by atoms with Gasteiger partial charge in [-0.3, -0.25) is 9.59 Å². The van der Waals surface area contributed by atoms with E-state index in [1.54, 1.807) is 0 Å². The number of hydrogen-bond donors (Lipinski definition) is 1. The molecule has 5 fully saturated rings. The molecular weight excluding hydrogens is 374 g/mol. The van der Waals surface area contributed by atoms with Gasteiger partial charge in [0.1, 0.15) is 6.04 Å². The quantitative estimate of drug-likeness (QED) is 0.717. The average molecular weight is 418 g/mol. The topological polar surface area (TPSA) is 52.7 Å². The predicted molar refractivity (Wildman–Crippen MR) is 120 cm³/mol. The summed E-state index contributed by atoms with van der Waals surface area (Å²) in [7, 11) is 1.95. The van der Waals surface area contributed by atoms with Gasteiger partial charge in [-0.05, 0) is 88.9 Å². The molecule has 1 aliphatic heterocycles. The first kappa shape index (κ1) is 22.1. The zero-order valence-electron chi connectivity index (χ0n) is 19.8. The molecule has 0 aromatic rings. The number of carbonyl (C=O) groups is 2. The highest BCUT2D eigenvalue weighted by molar-refractivity contribution is 5.90. The Labute approximate surface area is 183 Å². The van der Waals surface area contributed by atoms with Gasteiger partial charge in [-0.25, -0.2) is 0 Å². The molecule has 1 atom stereocenters. The third-order valence-corrected chi connectivity index (χ3v) is 8.86. The molecule has 2 amide bonds. The van der Waals surface area contributed by atoms with Crippen molar-refractivity contribution < 1.29 is 9.59 Å². The maximum atomic E-state index is 13.5. The molecule has 0 radical (unpaired) electrons. The Morgan fingerprint density at radius 1 is 0.933 bits per heavy atom. The lowest BCUT2D eigenvalue weighted by Crippen LogP contribution is -2.59. The summed E-state index contributed by atoms with van der Waals surface area (Å²) < 4.78 is 0. The van der Waals surface area contributed by atoms with E-state index in [1.807, 2.05) is 11.9 Å². The van der Waals surface area contributed by atoms with E-state index in [0.29, 0.717) is 6.04 Å². The molecular formula is C25H43N3O2. The molecule has 170 valence electrons. The standard InChI is InChI=1S/C25H43N3O2/c1-16(2)22(23(29)27(5)21-6-8-28(9-7-21)17(3)4)26-24(30)25-13-18-10-19(14-25)12-20(11-18)15-25/h16-22H,6-15H2,1-5H3,(H,26,30). The summed E-state index contributed by atoms with van der Waals surface area (Å²) in [4.78, 5) is 31.4. The van der Waals surface area contributed by atoms with Crippen molar-refractivity contribution in [2.24, 2.45) is 29.1 Å². The van der Waals surface area contributed by atoms with Gasteiger partial charge in [0, 0.05) is 37.6 Å². The number of carbonyl (C=O) groups excluding carboxylic acids is 2.